The molecule has 0 fully saturated rings. The molecule has 1 aromatic rings. The van der Waals surface area contributed by atoms with Crippen LogP contribution in [-0.2, 0) is 9.53 Å². The Bertz CT molecular complexity index is 189. The smallest absolute Gasteiger partial charge is 0.292 e. The van der Waals surface area contributed by atoms with Gasteiger partial charge in [0.2, 0.25) is 0 Å². The number of aromatic nitrogens is 1. The van der Waals surface area contributed by atoms with E-state index in [2.05, 4.69) is 9.72 Å². The highest BCUT2D eigenvalue weighted by atomic mass is 16.5. The molecule has 0 amide bonds. The molecule has 0 aliphatic carbocycles. The van der Waals surface area contributed by atoms with Crippen molar-refractivity contribution in [1.82, 2.24) is 4.98 Å². The van der Waals surface area contributed by atoms with E-state index in [1.165, 1.54) is 7.11 Å². The number of anilines is 1. The standard InChI is InChI=1S/C5H6N2.C2H4O2/c6-5-3-1-2-4-7-5;1-4-2-3/h1-4H,(H2,6,7);2H,1H3. The van der Waals surface area contributed by atoms with Crippen LogP contribution in [0.2, 0.25) is 0 Å². The van der Waals surface area contributed by atoms with Crippen LogP contribution in [0, 0.1) is 0 Å². The van der Waals surface area contributed by atoms with Crippen molar-refractivity contribution < 1.29 is 9.53 Å². The molecule has 1 aromatic heterocycles. The van der Waals surface area contributed by atoms with E-state index in [0.717, 1.165) is 0 Å². The average molecular weight is 154 g/mol. The summed E-state index contributed by atoms with van der Waals surface area (Å²) in [7, 11) is 1.31. The molecule has 4 heteroatoms. The number of carbonyl (C=O) groups excluding carboxylic acids is 1. The van der Waals surface area contributed by atoms with Crippen LogP contribution < -0.4 is 5.73 Å². The van der Waals surface area contributed by atoms with Crippen molar-refractivity contribution in [3.63, 3.8) is 0 Å². The number of nitrogens with zero attached hydrogens (tertiary/aromatic N) is 1. The fraction of sp³-hybridized carbons (Fsp3) is 0.143. The third-order valence-corrected chi connectivity index (χ3v) is 0.784. The third kappa shape index (κ3) is 6.30. The molecule has 0 bridgehead atoms. The Morgan fingerprint density at radius 1 is 1.64 bits per heavy atom. The molecular weight excluding hydrogens is 144 g/mol. The molecule has 0 atom stereocenters. The van der Waals surface area contributed by atoms with Crippen LogP contribution in [0.3, 0.4) is 0 Å². The minimum absolute atomic E-state index is 0.375. The molecule has 4 nitrogen and oxygen atoms in total. The molecule has 0 saturated heterocycles. The zero-order valence-electron chi connectivity index (χ0n) is 6.23. The Kier molecular flexibility index (Phi) is 5.60. The number of pyridine rings is 1. The molecule has 1 heterocycles. The molecule has 0 spiro atoms. The van der Waals surface area contributed by atoms with Gasteiger partial charge >= 0.3 is 0 Å². The Morgan fingerprint density at radius 2 is 2.27 bits per heavy atom. The lowest BCUT2D eigenvalue weighted by molar-refractivity contribution is -0.126. The first-order valence-corrected chi connectivity index (χ1v) is 2.94. The molecule has 0 aliphatic rings. The average Bonchev–Trinajstić information content (AvgIpc) is 2.07. The van der Waals surface area contributed by atoms with Gasteiger partial charge in [-0.05, 0) is 12.1 Å². The van der Waals surface area contributed by atoms with Crippen molar-refractivity contribution in [2.45, 2.75) is 0 Å². The molecule has 11 heavy (non-hydrogen) atoms. The molecule has 0 radical (unpaired) electrons. The van der Waals surface area contributed by atoms with E-state index in [0.29, 0.717) is 12.3 Å². The summed E-state index contributed by atoms with van der Waals surface area (Å²) in [6.45, 7) is 0.375. The van der Waals surface area contributed by atoms with E-state index in [1.54, 1.807) is 12.3 Å². The van der Waals surface area contributed by atoms with Crippen LogP contribution in [0.15, 0.2) is 24.4 Å². The van der Waals surface area contributed by atoms with E-state index in [-0.39, 0.29) is 0 Å². The summed E-state index contributed by atoms with van der Waals surface area (Å²) in [6.07, 6.45) is 1.66. The summed E-state index contributed by atoms with van der Waals surface area (Å²) in [5.74, 6) is 0.572. The third-order valence-electron chi connectivity index (χ3n) is 0.784. The summed E-state index contributed by atoms with van der Waals surface area (Å²) >= 11 is 0. The zero-order chi connectivity index (χ0) is 8.53. The van der Waals surface area contributed by atoms with Gasteiger partial charge in [-0.1, -0.05) is 6.07 Å². The number of methoxy groups -OCH3 is 1. The van der Waals surface area contributed by atoms with Gasteiger partial charge in [0, 0.05) is 6.20 Å². The van der Waals surface area contributed by atoms with Crippen molar-refractivity contribution in [2.24, 2.45) is 0 Å². The second-order valence-corrected chi connectivity index (χ2v) is 1.59. The molecule has 0 saturated carbocycles. The molecule has 0 aromatic carbocycles. The normalized spacial score (nSPS) is 7.36. The van der Waals surface area contributed by atoms with Gasteiger partial charge in [0.25, 0.3) is 6.47 Å². The second-order valence-electron chi connectivity index (χ2n) is 1.59. The lowest BCUT2D eigenvalue weighted by Crippen LogP contribution is -1.85. The summed E-state index contributed by atoms with van der Waals surface area (Å²) in [4.78, 5) is 12.7. The van der Waals surface area contributed by atoms with Crippen molar-refractivity contribution in [1.29, 1.82) is 0 Å². The maximum absolute atomic E-state index is 8.95. The maximum Gasteiger partial charge on any atom is 0.292 e. The zero-order valence-corrected chi connectivity index (χ0v) is 6.23. The molecule has 60 valence electrons. The Morgan fingerprint density at radius 3 is 2.45 bits per heavy atom. The summed E-state index contributed by atoms with van der Waals surface area (Å²) in [5.41, 5.74) is 5.25. The highest BCUT2D eigenvalue weighted by molar-refractivity contribution is 5.36. The topological polar surface area (TPSA) is 65.2 Å². The lowest BCUT2D eigenvalue weighted by atomic mass is 10.5. The first kappa shape index (κ1) is 9.42. The van der Waals surface area contributed by atoms with Gasteiger partial charge in [-0.25, -0.2) is 4.98 Å². The molecule has 1 rings (SSSR count). The van der Waals surface area contributed by atoms with Crippen LogP contribution in [0.25, 0.3) is 0 Å². The number of carbonyl (C=O) groups is 1. The van der Waals surface area contributed by atoms with Crippen LogP contribution in [0.5, 0.6) is 0 Å². The van der Waals surface area contributed by atoms with Gasteiger partial charge < -0.3 is 10.5 Å². The monoisotopic (exact) mass is 154 g/mol. The fourth-order valence-corrected chi connectivity index (χ4v) is 0.376. The maximum atomic E-state index is 8.95. The minimum atomic E-state index is 0.375. The van der Waals surface area contributed by atoms with Crippen LogP contribution in [-0.4, -0.2) is 18.6 Å². The second kappa shape index (κ2) is 6.54. The Balaban J connectivity index is 0.000000218. The van der Waals surface area contributed by atoms with E-state index < -0.39 is 0 Å². The number of hydrogen-bond acceptors (Lipinski definition) is 4. The Labute approximate surface area is 65.0 Å². The number of ether oxygens (including phenoxy) is 1. The van der Waals surface area contributed by atoms with E-state index >= 15 is 0 Å². The number of rotatable bonds is 1. The largest absolute Gasteiger partial charge is 0.471 e. The van der Waals surface area contributed by atoms with Crippen molar-refractivity contribution in [2.75, 3.05) is 12.8 Å². The first-order valence-electron chi connectivity index (χ1n) is 2.94. The quantitative estimate of drug-likeness (QED) is 0.596. The predicted octanol–water partition coefficient (Wildman–Crippen LogP) is 0.453. The fourth-order valence-electron chi connectivity index (χ4n) is 0.376. The van der Waals surface area contributed by atoms with Gasteiger partial charge in [0.1, 0.15) is 5.82 Å². The van der Waals surface area contributed by atoms with Gasteiger partial charge in [-0.15, -0.1) is 0 Å². The van der Waals surface area contributed by atoms with Gasteiger partial charge in [0.05, 0.1) is 7.11 Å². The summed E-state index contributed by atoms with van der Waals surface area (Å²) in [5, 5.41) is 0. The van der Waals surface area contributed by atoms with Crippen molar-refractivity contribution >= 4 is 12.3 Å². The van der Waals surface area contributed by atoms with E-state index in [9.17, 15) is 0 Å². The van der Waals surface area contributed by atoms with Gasteiger partial charge in [-0.2, -0.15) is 0 Å². The number of hydrogen-bond donors (Lipinski definition) is 1. The van der Waals surface area contributed by atoms with Crippen molar-refractivity contribution in [3.05, 3.63) is 24.4 Å². The molecule has 0 unspecified atom stereocenters. The molecule has 2 N–H and O–H groups in total. The predicted molar refractivity (Wildman–Crippen MR) is 41.7 cm³/mol. The highest BCUT2D eigenvalue weighted by Gasteiger charge is 1.73. The Hall–Kier alpha value is -1.58. The van der Waals surface area contributed by atoms with E-state index in [1.807, 2.05) is 12.1 Å². The van der Waals surface area contributed by atoms with Gasteiger partial charge in [0.15, 0.2) is 0 Å². The highest BCUT2D eigenvalue weighted by Crippen LogP contribution is 1.89. The van der Waals surface area contributed by atoms with Crippen molar-refractivity contribution in [3.8, 4) is 0 Å². The minimum Gasteiger partial charge on any atom is -0.471 e. The molecular formula is C7H10N2O2. The number of nitrogen functional groups attached to an aromatic ring is 1. The number of nitrogens with two attached hydrogens (primary N) is 1. The van der Waals surface area contributed by atoms with Gasteiger partial charge in [-0.3, -0.25) is 4.79 Å². The molecule has 0 aliphatic heterocycles. The lowest BCUT2D eigenvalue weighted by Gasteiger charge is -1.82. The summed E-state index contributed by atoms with van der Waals surface area (Å²) < 4.78 is 3.86. The first-order chi connectivity index (χ1) is 5.31. The van der Waals surface area contributed by atoms with Crippen LogP contribution in [0.4, 0.5) is 5.82 Å². The van der Waals surface area contributed by atoms with Crippen LogP contribution in [0.1, 0.15) is 0 Å². The van der Waals surface area contributed by atoms with E-state index in [4.69, 9.17) is 10.5 Å². The summed E-state index contributed by atoms with van der Waals surface area (Å²) in [6, 6.07) is 5.43. The SMILES string of the molecule is COC=O.Nc1ccccn1. The van der Waals surface area contributed by atoms with Crippen LogP contribution >= 0.6 is 0 Å².